The predicted molar refractivity (Wildman–Crippen MR) is 92.4 cm³/mol. The third-order valence-electron chi connectivity index (χ3n) is 5.10. The van der Waals surface area contributed by atoms with Gasteiger partial charge in [-0.15, -0.1) is 0 Å². The summed E-state index contributed by atoms with van der Waals surface area (Å²) in [5.41, 5.74) is 1.70. The number of aryl methyl sites for hydroxylation is 2. The molecule has 0 spiro atoms. The van der Waals surface area contributed by atoms with Gasteiger partial charge in [-0.25, -0.2) is 0 Å². The molecule has 2 saturated heterocycles. The van der Waals surface area contributed by atoms with Crippen LogP contribution in [0, 0.1) is 13.8 Å². The van der Waals surface area contributed by atoms with Crippen LogP contribution < -0.4 is 10.1 Å². The number of hydrogen-bond acceptors (Lipinski definition) is 5. The van der Waals surface area contributed by atoms with Crippen LogP contribution in [0.15, 0.2) is 0 Å². The number of amides is 2. The van der Waals surface area contributed by atoms with Crippen molar-refractivity contribution in [1.29, 1.82) is 0 Å². The maximum Gasteiger partial charge on any atom is 0.260 e. The van der Waals surface area contributed by atoms with Crippen LogP contribution in [-0.4, -0.2) is 76.8 Å². The fraction of sp³-hybridized carbons (Fsp3) is 0.706. The van der Waals surface area contributed by atoms with Crippen LogP contribution >= 0.6 is 0 Å². The van der Waals surface area contributed by atoms with Gasteiger partial charge in [-0.2, -0.15) is 5.10 Å². The minimum atomic E-state index is -0.0325. The highest BCUT2D eigenvalue weighted by Gasteiger charge is 2.31. The SMILES string of the molecule is Cc1nn(C)c(C)c1OCC(=O)N1CCCC(N2CCNCC2=O)C1. The molecule has 0 bridgehead atoms. The molecule has 8 nitrogen and oxygen atoms in total. The molecule has 8 heteroatoms. The molecule has 1 atom stereocenters. The van der Waals surface area contributed by atoms with E-state index in [-0.39, 0.29) is 24.5 Å². The lowest BCUT2D eigenvalue weighted by Crippen LogP contribution is -2.57. The van der Waals surface area contributed by atoms with E-state index in [1.54, 1.807) is 4.68 Å². The van der Waals surface area contributed by atoms with Crippen molar-refractivity contribution in [3.05, 3.63) is 11.4 Å². The average molecular weight is 349 g/mol. The van der Waals surface area contributed by atoms with Gasteiger partial charge in [-0.05, 0) is 26.7 Å². The van der Waals surface area contributed by atoms with Gasteiger partial charge in [0.15, 0.2) is 12.4 Å². The van der Waals surface area contributed by atoms with Crippen molar-refractivity contribution < 1.29 is 14.3 Å². The quantitative estimate of drug-likeness (QED) is 0.817. The lowest BCUT2D eigenvalue weighted by molar-refractivity contribution is -0.141. The highest BCUT2D eigenvalue weighted by atomic mass is 16.5. The summed E-state index contributed by atoms with van der Waals surface area (Å²) in [7, 11) is 1.86. The third kappa shape index (κ3) is 3.78. The number of nitrogens with zero attached hydrogens (tertiary/aromatic N) is 4. The summed E-state index contributed by atoms with van der Waals surface area (Å²) in [4.78, 5) is 28.4. The normalized spacial score (nSPS) is 21.6. The van der Waals surface area contributed by atoms with Crippen LogP contribution in [0.2, 0.25) is 0 Å². The van der Waals surface area contributed by atoms with Gasteiger partial charge in [-0.3, -0.25) is 14.3 Å². The highest BCUT2D eigenvalue weighted by molar-refractivity contribution is 5.80. The van der Waals surface area contributed by atoms with Gasteiger partial charge in [0.2, 0.25) is 5.91 Å². The molecule has 1 aromatic heterocycles. The summed E-state index contributed by atoms with van der Waals surface area (Å²) < 4.78 is 7.49. The van der Waals surface area contributed by atoms with Crippen LogP contribution in [-0.2, 0) is 16.6 Å². The first-order valence-corrected chi connectivity index (χ1v) is 8.88. The third-order valence-corrected chi connectivity index (χ3v) is 5.10. The van der Waals surface area contributed by atoms with Crippen molar-refractivity contribution in [3.63, 3.8) is 0 Å². The van der Waals surface area contributed by atoms with E-state index < -0.39 is 0 Å². The van der Waals surface area contributed by atoms with Crippen molar-refractivity contribution >= 4 is 11.8 Å². The first kappa shape index (κ1) is 17.7. The van der Waals surface area contributed by atoms with Gasteiger partial charge in [0, 0.05) is 39.3 Å². The molecule has 3 heterocycles. The van der Waals surface area contributed by atoms with Gasteiger partial charge in [0.05, 0.1) is 12.2 Å². The molecule has 0 aromatic carbocycles. The topological polar surface area (TPSA) is 79.7 Å². The second kappa shape index (κ2) is 7.43. The fourth-order valence-corrected chi connectivity index (χ4v) is 3.63. The minimum Gasteiger partial charge on any atom is -0.480 e. The van der Waals surface area contributed by atoms with Crippen LogP contribution in [0.1, 0.15) is 24.2 Å². The zero-order valence-corrected chi connectivity index (χ0v) is 15.2. The number of piperidine rings is 1. The number of carbonyl (C=O) groups is 2. The average Bonchev–Trinajstić information content (AvgIpc) is 2.85. The second-order valence-corrected chi connectivity index (χ2v) is 6.81. The molecular weight excluding hydrogens is 322 g/mol. The Morgan fingerprint density at radius 3 is 2.84 bits per heavy atom. The van der Waals surface area contributed by atoms with Crippen molar-refractivity contribution in [1.82, 2.24) is 24.9 Å². The number of carbonyl (C=O) groups excluding carboxylic acids is 2. The van der Waals surface area contributed by atoms with Crippen molar-refractivity contribution in [3.8, 4) is 5.75 Å². The molecule has 2 aliphatic heterocycles. The van der Waals surface area contributed by atoms with Gasteiger partial charge in [0.1, 0.15) is 5.69 Å². The summed E-state index contributed by atoms with van der Waals surface area (Å²) >= 11 is 0. The van der Waals surface area contributed by atoms with Crippen LogP contribution in [0.3, 0.4) is 0 Å². The second-order valence-electron chi connectivity index (χ2n) is 6.81. The number of rotatable bonds is 4. The molecule has 2 amide bonds. The van der Waals surface area contributed by atoms with E-state index in [0.717, 1.165) is 43.9 Å². The monoisotopic (exact) mass is 349 g/mol. The van der Waals surface area contributed by atoms with E-state index in [2.05, 4.69) is 10.4 Å². The molecule has 0 radical (unpaired) electrons. The number of likely N-dealkylation sites (tertiary alicyclic amines) is 1. The molecule has 1 unspecified atom stereocenters. The fourth-order valence-electron chi connectivity index (χ4n) is 3.63. The van der Waals surface area contributed by atoms with Gasteiger partial charge >= 0.3 is 0 Å². The highest BCUT2D eigenvalue weighted by Crippen LogP contribution is 2.22. The molecule has 138 valence electrons. The maximum atomic E-state index is 12.6. The Kier molecular flexibility index (Phi) is 5.27. The lowest BCUT2D eigenvalue weighted by Gasteiger charge is -2.41. The van der Waals surface area contributed by atoms with Crippen LogP contribution in [0.4, 0.5) is 0 Å². The smallest absolute Gasteiger partial charge is 0.260 e. The number of hydrogen-bond donors (Lipinski definition) is 1. The molecule has 1 aromatic rings. The molecule has 1 N–H and O–H groups in total. The van der Waals surface area contributed by atoms with E-state index >= 15 is 0 Å². The van der Waals surface area contributed by atoms with Crippen molar-refractivity contribution in [2.24, 2.45) is 7.05 Å². The van der Waals surface area contributed by atoms with Gasteiger partial charge in [-0.1, -0.05) is 0 Å². The number of piperazine rings is 1. The molecular formula is C17H27N5O3. The molecule has 2 aliphatic rings. The Balaban J connectivity index is 1.57. The minimum absolute atomic E-state index is 0.00952. The van der Waals surface area contributed by atoms with Gasteiger partial charge in [0.25, 0.3) is 5.91 Å². The Morgan fingerprint density at radius 1 is 1.36 bits per heavy atom. The number of aromatic nitrogens is 2. The molecule has 0 aliphatic carbocycles. The van der Waals surface area contributed by atoms with Crippen LogP contribution in [0.5, 0.6) is 5.75 Å². The molecule has 25 heavy (non-hydrogen) atoms. The zero-order valence-electron chi connectivity index (χ0n) is 15.2. The van der Waals surface area contributed by atoms with E-state index in [9.17, 15) is 9.59 Å². The standard InChI is InChI=1S/C17H27N5O3/c1-12-17(13(2)20(3)19-12)25-11-16(24)21-7-4-5-14(10-21)22-8-6-18-9-15(22)23/h14,18H,4-11H2,1-3H3. The summed E-state index contributed by atoms with van der Waals surface area (Å²) in [5, 5.41) is 7.39. The first-order chi connectivity index (χ1) is 12.0. The summed E-state index contributed by atoms with van der Waals surface area (Å²) in [6, 6.07) is 0.120. The maximum absolute atomic E-state index is 12.6. The summed E-state index contributed by atoms with van der Waals surface area (Å²) in [5.74, 6) is 0.778. The number of nitrogens with one attached hydrogen (secondary N) is 1. The van der Waals surface area contributed by atoms with Crippen LogP contribution in [0.25, 0.3) is 0 Å². The molecule has 0 saturated carbocycles. The van der Waals surface area contributed by atoms with E-state index in [1.807, 2.05) is 30.7 Å². The molecule has 3 rings (SSSR count). The van der Waals surface area contributed by atoms with E-state index in [0.29, 0.717) is 18.8 Å². The largest absolute Gasteiger partial charge is 0.480 e. The Bertz CT molecular complexity index is 657. The van der Waals surface area contributed by atoms with Crippen molar-refractivity contribution in [2.45, 2.75) is 32.7 Å². The Morgan fingerprint density at radius 2 is 2.16 bits per heavy atom. The van der Waals surface area contributed by atoms with E-state index in [4.69, 9.17) is 4.74 Å². The Labute approximate surface area is 148 Å². The lowest BCUT2D eigenvalue weighted by atomic mass is 10.0. The first-order valence-electron chi connectivity index (χ1n) is 8.88. The summed E-state index contributed by atoms with van der Waals surface area (Å²) in [6.45, 7) is 7.06. The zero-order chi connectivity index (χ0) is 18.0. The van der Waals surface area contributed by atoms with Gasteiger partial charge < -0.3 is 19.9 Å². The number of ether oxygens (including phenoxy) is 1. The van der Waals surface area contributed by atoms with Crippen molar-refractivity contribution in [2.75, 3.05) is 39.3 Å². The molecule has 2 fully saturated rings. The van der Waals surface area contributed by atoms with E-state index in [1.165, 1.54) is 0 Å². The summed E-state index contributed by atoms with van der Waals surface area (Å²) in [6.07, 6.45) is 1.87. The Hall–Kier alpha value is -2.09. The predicted octanol–water partition coefficient (Wildman–Crippen LogP) is -0.161.